The Bertz CT molecular complexity index is 2510. The minimum Gasteiger partial charge on any atom is -0.497 e. The number of halogens is 3. The average molecular weight is 957 g/mol. The Hall–Kier alpha value is -5.39. The van der Waals surface area contributed by atoms with E-state index < -0.39 is 78.4 Å². The molecule has 3 aliphatic rings. The molecular weight excluding hydrogens is 901 g/mol. The van der Waals surface area contributed by atoms with Gasteiger partial charge in [0.05, 0.1) is 31.0 Å². The molecular formula is C46H56F3N6O9PS. The molecule has 2 aliphatic carbocycles. The molecule has 3 amide bonds. The Morgan fingerprint density at radius 1 is 1.05 bits per heavy atom. The number of carbonyl (C=O) groups excluding carboxylic acids is 3. The number of nitrogens with zero attached hydrogens (tertiary/aromatic N) is 3. The summed E-state index contributed by atoms with van der Waals surface area (Å²) in [4.78, 5) is 65.7. The second-order valence-electron chi connectivity index (χ2n) is 18.4. The first kappa shape index (κ1) is 48.5. The highest BCUT2D eigenvalue weighted by atomic mass is 32.1. The summed E-state index contributed by atoms with van der Waals surface area (Å²) in [5.41, 5.74) is 0.512. The van der Waals surface area contributed by atoms with Crippen LogP contribution in [0.25, 0.3) is 22.3 Å². The lowest BCUT2D eigenvalue weighted by molar-refractivity contribution is -0.274. The quantitative estimate of drug-likeness (QED) is 0.0617. The van der Waals surface area contributed by atoms with Gasteiger partial charge in [-0.1, -0.05) is 45.0 Å². The molecule has 2 unspecified atom stereocenters. The number of methoxy groups -OCH3 is 1. The second kappa shape index (κ2) is 19.1. The maximum atomic E-state index is 14.9. The van der Waals surface area contributed by atoms with Crippen molar-refractivity contribution in [2.45, 2.75) is 121 Å². The van der Waals surface area contributed by atoms with E-state index in [4.69, 9.17) is 24.2 Å². The predicted molar refractivity (Wildman–Crippen MR) is 244 cm³/mol. The minimum absolute atomic E-state index is 0.0433. The molecule has 2 saturated carbocycles. The van der Waals surface area contributed by atoms with E-state index in [2.05, 4.69) is 27.3 Å². The van der Waals surface area contributed by atoms with Crippen molar-refractivity contribution >= 4 is 52.6 Å². The SMILES string of the molecule is C=C[C@@H]1C[C@]1(NC(=O)[C@@H]1CC(Oc2cc(-c3csc(NC(C)C)n3)nc3cc(OC)ccc23)CN1C(=O)[C@@H](NC(=O)OC1CCCC1)C(C)(C)C)P(=O)(O)Cc1ccccc1OC(F)(F)F. The van der Waals surface area contributed by atoms with Crippen LogP contribution in [0.5, 0.6) is 17.2 Å². The fourth-order valence-electron chi connectivity index (χ4n) is 8.63. The number of benzene rings is 2. The highest BCUT2D eigenvalue weighted by Gasteiger charge is 2.66. The molecule has 2 aromatic carbocycles. The third-order valence-corrected chi connectivity index (χ3v) is 15.5. The van der Waals surface area contributed by atoms with Crippen molar-refractivity contribution in [1.29, 1.82) is 0 Å². The maximum absolute atomic E-state index is 14.9. The summed E-state index contributed by atoms with van der Waals surface area (Å²) in [5.74, 6) is -1.89. The normalized spacial score (nSPS) is 22.3. The van der Waals surface area contributed by atoms with Gasteiger partial charge in [-0.05, 0) is 69.6 Å². The molecule has 0 spiro atoms. The van der Waals surface area contributed by atoms with Gasteiger partial charge in [-0.2, -0.15) is 0 Å². The van der Waals surface area contributed by atoms with Crippen molar-refractivity contribution in [2.75, 3.05) is 19.0 Å². The van der Waals surface area contributed by atoms with Crippen LogP contribution in [-0.2, 0) is 25.1 Å². The Morgan fingerprint density at radius 3 is 2.42 bits per heavy atom. The van der Waals surface area contributed by atoms with Gasteiger partial charge in [-0.25, -0.2) is 14.8 Å². The van der Waals surface area contributed by atoms with E-state index in [1.165, 1.54) is 47.6 Å². The third-order valence-electron chi connectivity index (χ3n) is 12.1. The number of aromatic nitrogens is 2. The Balaban J connectivity index is 1.23. The number of para-hydroxylation sites is 1. The first-order valence-electron chi connectivity index (χ1n) is 21.9. The van der Waals surface area contributed by atoms with Gasteiger partial charge in [-0.15, -0.1) is 31.1 Å². The smallest absolute Gasteiger partial charge is 0.497 e. The average Bonchev–Trinajstić information content (AvgIpc) is 3.63. The van der Waals surface area contributed by atoms with Crippen LogP contribution in [-0.4, -0.2) is 93.3 Å². The number of alkyl halides is 3. The van der Waals surface area contributed by atoms with E-state index in [1.54, 1.807) is 45.0 Å². The second-order valence-corrected chi connectivity index (χ2v) is 21.8. The molecule has 3 heterocycles. The molecule has 66 heavy (non-hydrogen) atoms. The zero-order valence-electron chi connectivity index (χ0n) is 37.6. The molecule has 15 nitrogen and oxygen atoms in total. The van der Waals surface area contributed by atoms with Crippen molar-refractivity contribution in [3.63, 3.8) is 0 Å². The van der Waals surface area contributed by atoms with Crippen molar-refractivity contribution in [3.05, 3.63) is 72.1 Å². The molecule has 0 radical (unpaired) electrons. The van der Waals surface area contributed by atoms with Crippen LogP contribution in [0.4, 0.5) is 23.1 Å². The minimum atomic E-state index is -5.07. The number of fused-ring (bicyclic) bond motifs is 1. The van der Waals surface area contributed by atoms with E-state index in [1.807, 2.05) is 19.2 Å². The van der Waals surface area contributed by atoms with Crippen LogP contribution in [0.2, 0.25) is 0 Å². The van der Waals surface area contributed by atoms with E-state index in [0.29, 0.717) is 51.8 Å². The number of thiazole rings is 1. The van der Waals surface area contributed by atoms with E-state index in [0.717, 1.165) is 18.9 Å². The van der Waals surface area contributed by atoms with Crippen LogP contribution in [0.1, 0.15) is 78.7 Å². The first-order chi connectivity index (χ1) is 31.1. The van der Waals surface area contributed by atoms with Crippen LogP contribution < -0.4 is 30.2 Å². The summed E-state index contributed by atoms with van der Waals surface area (Å²) in [6.07, 6.45) is -3.24. The number of alkyl carbamates (subject to hydrolysis) is 1. The Kier molecular flexibility index (Phi) is 14.0. The summed E-state index contributed by atoms with van der Waals surface area (Å²) < 4.78 is 76.6. The number of amides is 3. The predicted octanol–water partition coefficient (Wildman–Crippen LogP) is 9.01. The van der Waals surface area contributed by atoms with Gasteiger partial charge in [0, 0.05) is 46.8 Å². The topological polar surface area (TPSA) is 191 Å². The summed E-state index contributed by atoms with van der Waals surface area (Å²) in [6, 6.07) is 9.67. The number of anilines is 1. The van der Waals surface area contributed by atoms with Crippen molar-refractivity contribution in [2.24, 2.45) is 11.3 Å². The highest BCUT2D eigenvalue weighted by molar-refractivity contribution is 7.59. The van der Waals surface area contributed by atoms with Crippen LogP contribution >= 0.6 is 18.7 Å². The number of nitrogens with one attached hydrogen (secondary N) is 3. The largest absolute Gasteiger partial charge is 0.573 e. The molecule has 4 aromatic rings. The molecule has 1 aliphatic heterocycles. The van der Waals surface area contributed by atoms with Crippen molar-refractivity contribution in [1.82, 2.24) is 25.5 Å². The highest BCUT2D eigenvalue weighted by Crippen LogP contribution is 2.71. The van der Waals surface area contributed by atoms with Gasteiger partial charge in [-0.3, -0.25) is 14.2 Å². The first-order valence-corrected chi connectivity index (χ1v) is 24.6. The van der Waals surface area contributed by atoms with Crippen molar-refractivity contribution in [3.8, 4) is 28.6 Å². The van der Waals surface area contributed by atoms with Crippen LogP contribution in [0.3, 0.4) is 0 Å². The molecule has 7 rings (SSSR count). The van der Waals surface area contributed by atoms with Gasteiger partial charge in [0.1, 0.15) is 52.5 Å². The van der Waals surface area contributed by atoms with Gasteiger partial charge in [0.2, 0.25) is 19.2 Å². The lowest BCUT2D eigenvalue weighted by atomic mass is 9.85. The number of carbonyl (C=O) groups is 3. The number of hydrogen-bond acceptors (Lipinski definition) is 12. The number of rotatable bonds is 16. The van der Waals surface area contributed by atoms with Gasteiger partial charge in [0.25, 0.3) is 0 Å². The third kappa shape index (κ3) is 10.9. The fourth-order valence-corrected chi connectivity index (χ4v) is 11.9. The van der Waals surface area contributed by atoms with Crippen LogP contribution in [0.15, 0.2) is 66.6 Å². The van der Waals surface area contributed by atoms with E-state index in [9.17, 15) is 37.0 Å². The summed E-state index contributed by atoms with van der Waals surface area (Å²) in [5, 5.41) is 10.2. The zero-order valence-corrected chi connectivity index (χ0v) is 39.4. The molecule has 356 valence electrons. The molecule has 6 atom stereocenters. The Morgan fingerprint density at radius 2 is 1.77 bits per heavy atom. The molecule has 20 heteroatoms. The lowest BCUT2D eigenvalue weighted by Crippen LogP contribution is -2.58. The summed E-state index contributed by atoms with van der Waals surface area (Å²) >= 11 is 1.41. The zero-order chi connectivity index (χ0) is 47.8. The molecule has 0 bridgehead atoms. The molecule has 2 aromatic heterocycles. The van der Waals surface area contributed by atoms with E-state index in [-0.39, 0.29) is 37.1 Å². The number of ether oxygens (including phenoxy) is 4. The molecule has 3 fully saturated rings. The molecule has 4 N–H and O–H groups in total. The lowest BCUT2D eigenvalue weighted by Gasteiger charge is -2.36. The standard InChI is InChI=1S/C46H56F3N6O9PS/c1-8-28-22-45(28,65(59,60)24-27-13-9-12-16-37(27)64-46(47,48)49)54-40(56)36-20-31(23-55(36)41(57)39(44(4,5)6)53-43(58)63-29-14-10-11-15-29)62-38-21-34(35-25-66-42(52-35)50-26(2)3)51-33-19-30(61-7)17-18-32(33)38/h8-9,12-13,16-19,21,25-26,28-29,31,36,39H,1,10-11,14-15,20,22-24H2,2-7H3,(H,50,52)(H,53,58)(H,54,56)(H,59,60)/t28-,31?,36+,39-,45+/m1/s1. The maximum Gasteiger partial charge on any atom is 0.573 e. The monoisotopic (exact) mass is 956 g/mol. The van der Waals surface area contributed by atoms with E-state index >= 15 is 0 Å². The number of pyridine rings is 1. The Labute approximate surface area is 385 Å². The summed E-state index contributed by atoms with van der Waals surface area (Å²) in [6.45, 7) is 12.9. The van der Waals surface area contributed by atoms with Gasteiger partial charge < -0.3 is 44.7 Å². The fraction of sp³-hybridized carbons (Fsp3) is 0.500. The number of likely N-dealkylation sites (tertiary alicyclic amines) is 1. The van der Waals surface area contributed by atoms with Crippen LogP contribution in [0, 0.1) is 11.3 Å². The van der Waals surface area contributed by atoms with Crippen molar-refractivity contribution < 1.29 is 56.0 Å². The number of hydrogen-bond donors (Lipinski definition) is 4. The summed E-state index contributed by atoms with van der Waals surface area (Å²) in [7, 11) is -3.08. The van der Waals surface area contributed by atoms with Gasteiger partial charge >= 0.3 is 12.5 Å². The molecule has 1 saturated heterocycles. The van der Waals surface area contributed by atoms with Gasteiger partial charge in [0.15, 0.2) is 5.13 Å².